The molecule has 0 saturated carbocycles. The van der Waals surface area contributed by atoms with Gasteiger partial charge in [0.2, 0.25) is 0 Å². The molecule has 2 aromatic heterocycles. The van der Waals surface area contributed by atoms with Crippen LogP contribution in [0.2, 0.25) is 0 Å². The largest absolute Gasteiger partial charge is 0.494 e. The first-order chi connectivity index (χ1) is 13.5. The molecule has 1 unspecified atom stereocenters. The number of fused-ring (bicyclic) bond motifs is 3. The summed E-state index contributed by atoms with van der Waals surface area (Å²) in [6.07, 6.45) is 3.33. The van der Waals surface area contributed by atoms with E-state index in [2.05, 4.69) is 17.3 Å². The first-order valence-electron chi connectivity index (χ1n) is 9.59. The lowest BCUT2D eigenvalue weighted by molar-refractivity contribution is 0.0952. The molecule has 1 fully saturated rings. The quantitative estimate of drug-likeness (QED) is 0.716. The van der Waals surface area contributed by atoms with Crippen LogP contribution in [-0.2, 0) is 7.05 Å². The fourth-order valence-corrected chi connectivity index (χ4v) is 5.37. The molecule has 7 heteroatoms. The van der Waals surface area contributed by atoms with Gasteiger partial charge in [-0.15, -0.1) is 11.3 Å². The number of para-hydroxylation sites is 1. The number of pyridine rings is 1. The first kappa shape index (κ1) is 19.0. The summed E-state index contributed by atoms with van der Waals surface area (Å²) in [6, 6.07) is 8.27. The van der Waals surface area contributed by atoms with E-state index in [9.17, 15) is 9.59 Å². The number of nitrogens with zero attached hydrogens (tertiary/aromatic N) is 2. The maximum absolute atomic E-state index is 12.9. The zero-order chi connectivity index (χ0) is 19.8. The van der Waals surface area contributed by atoms with Crippen LogP contribution in [0.3, 0.4) is 0 Å². The van der Waals surface area contributed by atoms with Crippen LogP contribution < -0.4 is 15.6 Å². The number of aromatic nitrogens is 1. The van der Waals surface area contributed by atoms with E-state index in [1.54, 1.807) is 11.6 Å². The van der Waals surface area contributed by atoms with Crippen molar-refractivity contribution in [2.45, 2.75) is 25.3 Å². The lowest BCUT2D eigenvalue weighted by atomic mass is 10.1. The zero-order valence-electron chi connectivity index (χ0n) is 16.4. The molecule has 3 heterocycles. The molecule has 0 spiro atoms. The number of amides is 1. The minimum absolute atomic E-state index is 0.145. The Morgan fingerprint density at radius 1 is 1.32 bits per heavy atom. The van der Waals surface area contributed by atoms with Gasteiger partial charge in [-0.05, 0) is 38.9 Å². The normalized spacial score (nSPS) is 17.5. The molecule has 1 aromatic carbocycles. The predicted molar refractivity (Wildman–Crippen MR) is 114 cm³/mol. The SMILES string of the molecule is COc1c(C(=O)NCCC2CCCN2C)sc2c1c(=O)n(C)c1ccccc21. The van der Waals surface area contributed by atoms with Crippen LogP contribution in [-0.4, -0.2) is 48.7 Å². The number of hydrogen-bond donors (Lipinski definition) is 1. The second-order valence-electron chi connectivity index (χ2n) is 7.37. The van der Waals surface area contributed by atoms with Gasteiger partial charge in [0, 0.05) is 25.0 Å². The Morgan fingerprint density at radius 2 is 2.11 bits per heavy atom. The molecule has 0 aliphatic carbocycles. The van der Waals surface area contributed by atoms with E-state index in [4.69, 9.17) is 4.74 Å². The number of carbonyl (C=O) groups excluding carboxylic acids is 1. The van der Waals surface area contributed by atoms with Crippen LogP contribution >= 0.6 is 11.3 Å². The highest BCUT2D eigenvalue weighted by Gasteiger charge is 2.25. The summed E-state index contributed by atoms with van der Waals surface area (Å²) >= 11 is 1.33. The van der Waals surface area contributed by atoms with E-state index in [1.807, 2.05) is 24.3 Å². The number of rotatable bonds is 5. The molecular weight excluding hydrogens is 374 g/mol. The molecule has 1 N–H and O–H groups in total. The molecule has 6 nitrogen and oxygen atoms in total. The van der Waals surface area contributed by atoms with Gasteiger partial charge in [-0.1, -0.05) is 18.2 Å². The van der Waals surface area contributed by atoms with Crippen molar-refractivity contribution >= 4 is 38.2 Å². The van der Waals surface area contributed by atoms with Gasteiger partial charge in [0.05, 0.1) is 17.3 Å². The summed E-state index contributed by atoms with van der Waals surface area (Å²) in [6.45, 7) is 1.74. The van der Waals surface area contributed by atoms with Gasteiger partial charge in [-0.2, -0.15) is 0 Å². The number of thiophene rings is 1. The zero-order valence-corrected chi connectivity index (χ0v) is 17.3. The summed E-state index contributed by atoms with van der Waals surface area (Å²) in [5.41, 5.74) is 0.702. The third-order valence-corrected chi connectivity index (χ3v) is 6.94. The lowest BCUT2D eigenvalue weighted by Gasteiger charge is -2.19. The van der Waals surface area contributed by atoms with Gasteiger partial charge in [0.1, 0.15) is 10.3 Å². The van der Waals surface area contributed by atoms with Gasteiger partial charge >= 0.3 is 0 Å². The summed E-state index contributed by atoms with van der Waals surface area (Å²) in [5.74, 6) is 0.201. The highest BCUT2D eigenvalue weighted by Crippen LogP contribution is 2.39. The van der Waals surface area contributed by atoms with Crippen LogP contribution in [0.1, 0.15) is 28.9 Å². The summed E-state index contributed by atoms with van der Waals surface area (Å²) < 4.78 is 7.95. The van der Waals surface area contributed by atoms with Crippen LogP contribution in [0.25, 0.3) is 21.0 Å². The molecule has 148 valence electrons. The molecule has 28 heavy (non-hydrogen) atoms. The standard InChI is InChI=1S/C21H25N3O3S/c1-23-12-6-7-13(23)10-11-22-20(25)19-17(27-3)16-18(28-19)14-8-4-5-9-15(14)24(2)21(16)26/h4-5,8-9,13H,6-7,10-12H2,1-3H3,(H,22,25). The van der Waals surface area contributed by atoms with E-state index in [0.29, 0.717) is 28.6 Å². The molecule has 1 amide bonds. The topological polar surface area (TPSA) is 63.6 Å². The number of benzene rings is 1. The minimum atomic E-state index is -0.176. The number of aryl methyl sites for hydroxylation is 1. The number of hydrogen-bond acceptors (Lipinski definition) is 5. The number of carbonyl (C=O) groups is 1. The van der Waals surface area contributed by atoms with Crippen molar-refractivity contribution < 1.29 is 9.53 Å². The van der Waals surface area contributed by atoms with Gasteiger partial charge in [-0.25, -0.2) is 0 Å². The highest BCUT2D eigenvalue weighted by atomic mass is 32.1. The summed E-state index contributed by atoms with van der Waals surface area (Å²) in [4.78, 5) is 28.6. The molecule has 1 aliphatic heterocycles. The fourth-order valence-electron chi connectivity index (χ4n) is 4.16. The van der Waals surface area contributed by atoms with Crippen molar-refractivity contribution in [1.82, 2.24) is 14.8 Å². The molecule has 1 atom stereocenters. The predicted octanol–water partition coefficient (Wildman–Crippen LogP) is 2.98. The van der Waals surface area contributed by atoms with Crippen LogP contribution in [0, 0.1) is 0 Å². The maximum atomic E-state index is 12.9. The molecule has 3 aromatic rings. The number of methoxy groups -OCH3 is 1. The van der Waals surface area contributed by atoms with Gasteiger partial charge in [0.25, 0.3) is 11.5 Å². The van der Waals surface area contributed by atoms with E-state index in [0.717, 1.165) is 28.6 Å². The van der Waals surface area contributed by atoms with E-state index in [-0.39, 0.29) is 11.5 Å². The number of ether oxygens (including phenoxy) is 1. The Hall–Kier alpha value is -2.38. The summed E-state index contributed by atoms with van der Waals surface area (Å²) in [5, 5.41) is 4.45. The second-order valence-corrected chi connectivity index (χ2v) is 8.39. The van der Waals surface area contributed by atoms with Crippen molar-refractivity contribution in [3.8, 4) is 5.75 Å². The lowest BCUT2D eigenvalue weighted by Crippen LogP contribution is -2.31. The van der Waals surface area contributed by atoms with Gasteiger partial charge in [-0.3, -0.25) is 9.59 Å². The van der Waals surface area contributed by atoms with Crippen LogP contribution in [0.15, 0.2) is 29.1 Å². The Kier molecular flexibility index (Phi) is 5.12. The molecule has 4 rings (SSSR count). The molecule has 0 radical (unpaired) electrons. The smallest absolute Gasteiger partial charge is 0.265 e. The van der Waals surface area contributed by atoms with Crippen molar-refractivity contribution in [2.24, 2.45) is 7.05 Å². The average molecular weight is 400 g/mol. The average Bonchev–Trinajstić information content (AvgIpc) is 3.29. The monoisotopic (exact) mass is 399 g/mol. The minimum Gasteiger partial charge on any atom is -0.494 e. The Labute approximate surface area is 167 Å². The molecule has 1 aliphatic rings. The Balaban J connectivity index is 1.69. The Morgan fingerprint density at radius 3 is 2.82 bits per heavy atom. The number of likely N-dealkylation sites (tertiary alicyclic amines) is 1. The van der Waals surface area contributed by atoms with Gasteiger partial charge < -0.3 is 19.5 Å². The Bertz CT molecular complexity index is 1100. The van der Waals surface area contributed by atoms with Crippen molar-refractivity contribution in [3.05, 3.63) is 39.5 Å². The van der Waals surface area contributed by atoms with E-state index >= 15 is 0 Å². The maximum Gasteiger partial charge on any atom is 0.265 e. The number of nitrogens with one attached hydrogen (secondary N) is 1. The van der Waals surface area contributed by atoms with Crippen molar-refractivity contribution in [2.75, 3.05) is 27.2 Å². The molecule has 0 bridgehead atoms. The molecular formula is C21H25N3O3S. The molecule has 1 saturated heterocycles. The van der Waals surface area contributed by atoms with Crippen LogP contribution in [0.4, 0.5) is 0 Å². The second kappa shape index (κ2) is 7.56. The summed E-state index contributed by atoms with van der Waals surface area (Å²) in [7, 11) is 5.40. The van der Waals surface area contributed by atoms with E-state index < -0.39 is 0 Å². The van der Waals surface area contributed by atoms with Gasteiger partial charge in [0.15, 0.2) is 5.75 Å². The van der Waals surface area contributed by atoms with E-state index in [1.165, 1.54) is 31.3 Å². The third kappa shape index (κ3) is 3.08. The first-order valence-corrected chi connectivity index (χ1v) is 10.4. The highest BCUT2D eigenvalue weighted by molar-refractivity contribution is 7.22. The van der Waals surface area contributed by atoms with Crippen molar-refractivity contribution in [1.29, 1.82) is 0 Å². The fraction of sp³-hybridized carbons (Fsp3) is 0.429. The van der Waals surface area contributed by atoms with Crippen molar-refractivity contribution in [3.63, 3.8) is 0 Å². The third-order valence-electron chi connectivity index (χ3n) is 5.74. The van der Waals surface area contributed by atoms with Crippen LogP contribution in [0.5, 0.6) is 5.75 Å².